The maximum Gasteiger partial charge on any atom is 0.330 e. The Labute approximate surface area is 217 Å². The number of hydrogen-bond donors (Lipinski definition) is 1. The van der Waals surface area contributed by atoms with Gasteiger partial charge in [0.15, 0.2) is 0 Å². The van der Waals surface area contributed by atoms with Crippen LogP contribution in [0, 0.1) is 5.92 Å². The molecule has 0 aromatic heterocycles. The van der Waals surface area contributed by atoms with Crippen molar-refractivity contribution in [3.63, 3.8) is 0 Å². The molecule has 0 bridgehead atoms. The van der Waals surface area contributed by atoms with Crippen molar-refractivity contribution in [1.29, 1.82) is 0 Å². The van der Waals surface area contributed by atoms with E-state index in [1.165, 1.54) is 63.0 Å². The summed E-state index contributed by atoms with van der Waals surface area (Å²) in [4.78, 5) is 19.3. The van der Waals surface area contributed by atoms with E-state index in [1.807, 2.05) is 12.1 Å². The Balaban J connectivity index is 0.000000478. The lowest BCUT2D eigenvalue weighted by Crippen LogP contribution is -2.03. The number of hydrogen-bond acceptors (Lipinski definition) is 3. The number of primary amides is 1. The monoisotopic (exact) mass is 501 g/mol. The van der Waals surface area contributed by atoms with Crippen LogP contribution >= 0.6 is 11.6 Å². The summed E-state index contributed by atoms with van der Waals surface area (Å²) < 4.78 is 4.43. The first-order chi connectivity index (χ1) is 16.7. The van der Waals surface area contributed by atoms with Gasteiger partial charge in [-0.15, -0.1) is 0 Å². The number of nitrogens with two attached hydrogens (primary N) is 1. The van der Waals surface area contributed by atoms with Crippen LogP contribution in [0.4, 0.5) is 0 Å². The molecular weight excluding hydrogens is 458 g/mol. The molecule has 1 atom stereocenters. The molecule has 1 amide bonds. The van der Waals surface area contributed by atoms with Crippen LogP contribution in [0.25, 0.3) is 0 Å². The fourth-order valence-corrected chi connectivity index (χ4v) is 3.66. The van der Waals surface area contributed by atoms with Crippen molar-refractivity contribution in [2.75, 3.05) is 6.61 Å². The van der Waals surface area contributed by atoms with Crippen LogP contribution in [0.15, 0.2) is 67.3 Å². The summed E-state index contributed by atoms with van der Waals surface area (Å²) >= 11 is 5.85. The van der Waals surface area contributed by atoms with Crippen molar-refractivity contribution in [2.45, 2.75) is 78.6 Å². The molecule has 2 aromatic carbocycles. The molecule has 0 heterocycles. The van der Waals surface area contributed by atoms with Gasteiger partial charge in [-0.25, -0.2) is 4.79 Å². The Hall–Kier alpha value is -2.59. The molecule has 2 aromatic rings. The van der Waals surface area contributed by atoms with Gasteiger partial charge in [-0.05, 0) is 61.3 Å². The molecule has 35 heavy (non-hydrogen) atoms. The van der Waals surface area contributed by atoms with Crippen LogP contribution in [0.5, 0.6) is 0 Å². The summed E-state index contributed by atoms with van der Waals surface area (Å²) in [7, 11) is 0. The van der Waals surface area contributed by atoms with Crippen LogP contribution in [0.1, 0.15) is 83.3 Å². The Morgan fingerprint density at radius 3 is 2.03 bits per heavy atom. The number of carbonyl (C=O) groups excluding carboxylic acids is 2. The van der Waals surface area contributed by atoms with E-state index in [4.69, 9.17) is 11.6 Å². The first kappa shape index (κ1) is 32.4. The van der Waals surface area contributed by atoms with Gasteiger partial charge < -0.3 is 10.5 Å². The highest BCUT2D eigenvalue weighted by molar-refractivity contribution is 6.30. The average Bonchev–Trinajstić information content (AvgIpc) is 2.86. The average molecular weight is 502 g/mol. The smallest absolute Gasteiger partial charge is 0.330 e. The molecule has 1 unspecified atom stereocenters. The van der Waals surface area contributed by atoms with Gasteiger partial charge >= 0.3 is 5.97 Å². The van der Waals surface area contributed by atoms with Crippen molar-refractivity contribution in [1.82, 2.24) is 0 Å². The minimum atomic E-state index is -0.359. The second-order valence-electron chi connectivity index (χ2n) is 8.66. The highest BCUT2D eigenvalue weighted by Crippen LogP contribution is 2.32. The Kier molecular flexibility index (Phi) is 19.2. The molecule has 0 radical (unpaired) electrons. The van der Waals surface area contributed by atoms with Crippen molar-refractivity contribution < 1.29 is 14.3 Å². The van der Waals surface area contributed by atoms with Gasteiger partial charge in [0.2, 0.25) is 5.91 Å². The first-order valence-electron chi connectivity index (χ1n) is 12.6. The zero-order chi connectivity index (χ0) is 26.5. The second-order valence-corrected chi connectivity index (χ2v) is 9.09. The third-order valence-corrected chi connectivity index (χ3v) is 5.78. The number of amides is 1. The minimum Gasteiger partial charge on any atom is -0.463 e. The maximum atomic E-state index is 10.1. The third-order valence-electron chi connectivity index (χ3n) is 5.52. The van der Waals surface area contributed by atoms with E-state index in [0.29, 0.717) is 6.61 Å². The molecule has 2 N–H and O–H groups in total. The molecule has 0 aliphatic heterocycles. The number of benzene rings is 2. The van der Waals surface area contributed by atoms with Gasteiger partial charge in [0.25, 0.3) is 0 Å². The van der Waals surface area contributed by atoms with E-state index in [1.54, 1.807) is 6.92 Å². The van der Waals surface area contributed by atoms with Crippen LogP contribution in [0.3, 0.4) is 0 Å². The third kappa shape index (κ3) is 18.4. The zero-order valence-corrected chi connectivity index (χ0v) is 22.7. The van der Waals surface area contributed by atoms with Crippen molar-refractivity contribution in [3.8, 4) is 0 Å². The number of ether oxygens (including phenoxy) is 1. The molecule has 5 heteroatoms. The van der Waals surface area contributed by atoms with Gasteiger partial charge in [0.05, 0.1) is 6.61 Å². The number of esters is 1. The summed E-state index contributed by atoms with van der Waals surface area (Å²) in [6, 6.07) is 19.1. The topological polar surface area (TPSA) is 69.4 Å². The molecular formula is C30H44ClNO3. The van der Waals surface area contributed by atoms with E-state index in [-0.39, 0.29) is 11.9 Å². The molecule has 194 valence electrons. The van der Waals surface area contributed by atoms with E-state index in [9.17, 15) is 9.59 Å². The van der Waals surface area contributed by atoms with Crippen molar-refractivity contribution >= 4 is 23.5 Å². The van der Waals surface area contributed by atoms with E-state index < -0.39 is 0 Å². The lowest BCUT2D eigenvalue weighted by molar-refractivity contribution is -0.137. The molecule has 1 fully saturated rings. The largest absolute Gasteiger partial charge is 0.463 e. The standard InChI is InChI=1S/C12H15Cl.C11H16.C5H8O2.C2H5NO/c13-12-8-6-11(7-9-12)10-4-2-1-3-5-10;1-3-10(2)9-11-7-5-4-6-8-11;1-3-5(6)7-4-2;1-2(3)4/h6-10H,1-5H2;4-8,10H,3,9H2,1-2H3;3H,1,4H2,2H3;1H3,(H2,3,4). The van der Waals surface area contributed by atoms with Gasteiger partial charge in [-0.3, -0.25) is 4.79 Å². The van der Waals surface area contributed by atoms with E-state index in [0.717, 1.165) is 22.9 Å². The lowest BCUT2D eigenvalue weighted by Gasteiger charge is -2.21. The summed E-state index contributed by atoms with van der Waals surface area (Å²) in [5, 5.41) is 0.847. The Bertz CT molecular complexity index is 811. The van der Waals surface area contributed by atoms with Gasteiger partial charge in [-0.1, -0.05) is 100 Å². The summed E-state index contributed by atoms with van der Waals surface area (Å²) in [5.41, 5.74) is 7.41. The van der Waals surface area contributed by atoms with Gasteiger partial charge in [0.1, 0.15) is 0 Å². The Morgan fingerprint density at radius 2 is 1.60 bits per heavy atom. The summed E-state index contributed by atoms with van der Waals surface area (Å²) in [6.45, 7) is 11.2. The predicted octanol–water partition coefficient (Wildman–Crippen LogP) is 7.89. The van der Waals surface area contributed by atoms with Crippen LogP contribution < -0.4 is 5.73 Å². The molecule has 1 aliphatic carbocycles. The van der Waals surface area contributed by atoms with Crippen molar-refractivity contribution in [3.05, 3.63) is 83.4 Å². The zero-order valence-electron chi connectivity index (χ0n) is 22.0. The fourth-order valence-electron chi connectivity index (χ4n) is 3.53. The van der Waals surface area contributed by atoms with Crippen LogP contribution in [0.2, 0.25) is 5.02 Å². The molecule has 1 aliphatic rings. The quantitative estimate of drug-likeness (QED) is 0.323. The highest BCUT2D eigenvalue weighted by Gasteiger charge is 2.14. The molecule has 4 nitrogen and oxygen atoms in total. The van der Waals surface area contributed by atoms with Gasteiger partial charge in [-0.2, -0.15) is 0 Å². The Morgan fingerprint density at radius 1 is 1.06 bits per heavy atom. The van der Waals surface area contributed by atoms with Crippen LogP contribution in [-0.2, 0) is 20.7 Å². The van der Waals surface area contributed by atoms with E-state index in [2.05, 4.69) is 73.4 Å². The van der Waals surface area contributed by atoms with Gasteiger partial charge in [0, 0.05) is 18.0 Å². The molecule has 0 spiro atoms. The summed E-state index contributed by atoms with van der Waals surface area (Å²) in [6.07, 6.45) is 10.6. The number of carbonyl (C=O) groups is 2. The van der Waals surface area contributed by atoms with E-state index >= 15 is 0 Å². The molecule has 3 rings (SSSR count). The molecule has 1 saturated carbocycles. The number of rotatable bonds is 6. The maximum absolute atomic E-state index is 10.1. The minimum absolute atomic E-state index is 0.333. The predicted molar refractivity (Wildman–Crippen MR) is 149 cm³/mol. The SMILES string of the molecule is C=CC(=O)OCC.CC(N)=O.CCC(C)Cc1ccccc1.Clc1ccc(C2CCCCC2)cc1. The fraction of sp³-hybridized carbons (Fsp3) is 0.467. The van der Waals surface area contributed by atoms with Crippen LogP contribution in [-0.4, -0.2) is 18.5 Å². The summed E-state index contributed by atoms with van der Waals surface area (Å²) in [5.74, 6) is 0.922. The first-order valence-corrected chi connectivity index (χ1v) is 13.0. The normalized spacial score (nSPS) is 13.3. The molecule has 0 saturated heterocycles. The highest BCUT2D eigenvalue weighted by atomic mass is 35.5. The lowest BCUT2D eigenvalue weighted by atomic mass is 9.84. The number of halogens is 1. The second kappa shape index (κ2) is 20.8. The van der Waals surface area contributed by atoms with Crippen molar-refractivity contribution in [2.24, 2.45) is 11.7 Å².